The fourth-order valence-electron chi connectivity index (χ4n) is 7.05. The molecule has 2 heterocycles. The maximum Gasteiger partial charge on any atom is 0.326 e. The number of methoxy groups -OCH3 is 1. The van der Waals surface area contributed by atoms with Gasteiger partial charge in [0.1, 0.15) is 32.1 Å². The first-order valence-corrected chi connectivity index (χ1v) is 23.0. The Kier molecular flexibility index (Phi) is 14.4. The number of amides is 2. The SMILES string of the molecule is CCOc1cc(OC)c(S(=O)(=O)N2CCCC2)cc1/C(=N/C(C)(C)C1C=CC(Cl)=CC1)N(Cc1ccc(Cl)cc1)C(=O)N1CCN(CCCS(C)(=O)=O)CC1. The number of hydrogen-bond acceptors (Lipinski definition) is 9. The highest BCUT2D eigenvalue weighted by atomic mass is 35.5. The zero-order valence-electron chi connectivity index (χ0n) is 32.3. The van der Waals surface area contributed by atoms with E-state index in [0.29, 0.717) is 80.0 Å². The van der Waals surface area contributed by atoms with Crippen LogP contribution in [-0.4, -0.2) is 125 Å². The number of hydrogen-bond donors (Lipinski definition) is 0. The molecule has 3 aliphatic rings. The van der Waals surface area contributed by atoms with Crippen molar-refractivity contribution >= 4 is 54.9 Å². The lowest BCUT2D eigenvalue weighted by molar-refractivity contribution is 0.125. The molecule has 0 aromatic heterocycles. The quantitative estimate of drug-likeness (QED) is 0.157. The maximum atomic E-state index is 15.0. The van der Waals surface area contributed by atoms with Crippen molar-refractivity contribution < 1.29 is 31.1 Å². The highest BCUT2D eigenvalue weighted by molar-refractivity contribution is 7.90. The second kappa shape index (κ2) is 18.4. The van der Waals surface area contributed by atoms with Crippen LogP contribution in [0.15, 0.2) is 69.5 Å². The largest absolute Gasteiger partial charge is 0.495 e. The molecule has 2 aromatic rings. The first-order chi connectivity index (χ1) is 26.0. The number of aliphatic imine (C=N–C) groups is 1. The fourth-order valence-corrected chi connectivity index (χ4v) is 9.67. The van der Waals surface area contributed by atoms with Crippen LogP contribution in [0.5, 0.6) is 11.5 Å². The Morgan fingerprint density at radius 3 is 2.24 bits per heavy atom. The average molecular weight is 839 g/mol. The number of amidine groups is 1. The van der Waals surface area contributed by atoms with E-state index in [-0.39, 0.29) is 47.3 Å². The third kappa shape index (κ3) is 11.0. The number of piperazine rings is 1. The van der Waals surface area contributed by atoms with E-state index in [1.807, 2.05) is 51.1 Å². The average Bonchev–Trinajstić information content (AvgIpc) is 3.70. The van der Waals surface area contributed by atoms with Crippen molar-refractivity contribution in [1.82, 2.24) is 19.0 Å². The highest BCUT2D eigenvalue weighted by Crippen LogP contribution is 2.38. The zero-order chi connectivity index (χ0) is 40.0. The van der Waals surface area contributed by atoms with Gasteiger partial charge in [-0.2, -0.15) is 4.31 Å². The van der Waals surface area contributed by atoms with Crippen molar-refractivity contribution in [1.29, 1.82) is 0 Å². The van der Waals surface area contributed by atoms with Crippen LogP contribution in [0.25, 0.3) is 0 Å². The van der Waals surface area contributed by atoms with E-state index in [4.69, 9.17) is 37.7 Å². The molecule has 12 nitrogen and oxygen atoms in total. The zero-order valence-corrected chi connectivity index (χ0v) is 35.5. The number of sulfone groups is 1. The molecule has 1 unspecified atom stereocenters. The Morgan fingerprint density at radius 1 is 0.982 bits per heavy atom. The number of halogens is 2. The number of carbonyl (C=O) groups excluding carboxylic acids is 1. The predicted molar refractivity (Wildman–Crippen MR) is 219 cm³/mol. The minimum atomic E-state index is -4.00. The van der Waals surface area contributed by atoms with Gasteiger partial charge in [0.15, 0.2) is 0 Å². The molecule has 1 aliphatic carbocycles. The highest BCUT2D eigenvalue weighted by Gasteiger charge is 2.37. The summed E-state index contributed by atoms with van der Waals surface area (Å²) in [6, 6.07) is 10.0. The van der Waals surface area contributed by atoms with E-state index in [1.54, 1.807) is 34.1 Å². The van der Waals surface area contributed by atoms with E-state index < -0.39 is 25.4 Å². The first kappa shape index (κ1) is 43.0. The van der Waals surface area contributed by atoms with Crippen molar-refractivity contribution in [3.8, 4) is 11.5 Å². The van der Waals surface area contributed by atoms with Gasteiger partial charge in [0, 0.05) is 67.6 Å². The van der Waals surface area contributed by atoms with Crippen molar-refractivity contribution in [2.75, 3.05) is 71.5 Å². The van der Waals surface area contributed by atoms with Gasteiger partial charge in [0.2, 0.25) is 10.0 Å². The van der Waals surface area contributed by atoms with Gasteiger partial charge in [-0.15, -0.1) is 0 Å². The van der Waals surface area contributed by atoms with Crippen molar-refractivity contribution in [2.24, 2.45) is 10.9 Å². The Hall–Kier alpha value is -3.14. The van der Waals surface area contributed by atoms with E-state index in [1.165, 1.54) is 17.7 Å². The Balaban J connectivity index is 1.66. The summed E-state index contributed by atoms with van der Waals surface area (Å²) < 4.78 is 65.4. The topological polar surface area (TPSA) is 129 Å². The molecule has 2 aromatic carbocycles. The number of sulfonamides is 1. The van der Waals surface area contributed by atoms with Gasteiger partial charge in [-0.3, -0.25) is 14.8 Å². The molecule has 1 atom stereocenters. The third-order valence-electron chi connectivity index (χ3n) is 10.2. The summed E-state index contributed by atoms with van der Waals surface area (Å²) in [7, 11) is -5.65. The Morgan fingerprint density at radius 2 is 1.65 bits per heavy atom. The van der Waals surface area contributed by atoms with E-state index in [0.717, 1.165) is 18.4 Å². The Labute approximate surface area is 336 Å². The molecular weight excluding hydrogens is 785 g/mol. The lowest BCUT2D eigenvalue weighted by Crippen LogP contribution is -2.54. The van der Waals surface area contributed by atoms with E-state index in [9.17, 15) is 16.8 Å². The lowest BCUT2D eigenvalue weighted by atomic mass is 9.83. The van der Waals surface area contributed by atoms with Crippen LogP contribution in [0, 0.1) is 5.92 Å². The van der Waals surface area contributed by atoms with Crippen LogP contribution < -0.4 is 9.47 Å². The number of ether oxygens (including phenoxy) is 2. The molecule has 2 aliphatic heterocycles. The standard InChI is InChI=1S/C39H53Cl2N5O7S2/c1-6-53-34-27-35(52-4)36(55(50,51)45-19-7-8-20-45)26-33(34)37(42-39(2,3)30-12-16-32(41)17-13-30)46(28-29-10-14-31(40)15-11-29)38(47)44-23-21-43(22-24-44)18-9-25-54(5,48)49/h10-12,14-17,26-27,30H,6-9,13,18-25,28H2,1-5H3/b42-37-. The molecule has 0 bridgehead atoms. The molecule has 2 fully saturated rings. The molecule has 0 spiro atoms. The van der Waals surface area contributed by atoms with Crippen LogP contribution in [0.3, 0.4) is 0 Å². The normalized spacial score (nSPS) is 19.0. The van der Waals surface area contributed by atoms with Gasteiger partial charge >= 0.3 is 6.03 Å². The number of benzene rings is 2. The monoisotopic (exact) mass is 837 g/mol. The summed E-state index contributed by atoms with van der Waals surface area (Å²) in [6.07, 6.45) is 9.67. The first-order valence-electron chi connectivity index (χ1n) is 18.7. The molecule has 16 heteroatoms. The summed E-state index contributed by atoms with van der Waals surface area (Å²) in [4.78, 5) is 25.9. The third-order valence-corrected chi connectivity index (χ3v) is 13.7. The number of urea groups is 1. The van der Waals surface area contributed by atoms with Gasteiger partial charge in [0.25, 0.3) is 0 Å². The number of rotatable bonds is 14. The maximum absolute atomic E-state index is 15.0. The molecule has 0 radical (unpaired) electrons. The summed E-state index contributed by atoms with van der Waals surface area (Å²) in [5, 5.41) is 1.18. The Bertz CT molecular complexity index is 1990. The predicted octanol–water partition coefficient (Wildman–Crippen LogP) is 6.43. The van der Waals surface area contributed by atoms with Gasteiger partial charge in [-0.25, -0.2) is 21.6 Å². The molecule has 2 saturated heterocycles. The number of allylic oxidation sites excluding steroid dienone is 3. The van der Waals surface area contributed by atoms with Gasteiger partial charge in [-0.1, -0.05) is 47.5 Å². The summed E-state index contributed by atoms with van der Waals surface area (Å²) in [5.74, 6) is 0.707. The van der Waals surface area contributed by atoms with Crippen molar-refractivity contribution in [3.63, 3.8) is 0 Å². The smallest absolute Gasteiger partial charge is 0.326 e. The molecule has 0 saturated carbocycles. The van der Waals surface area contributed by atoms with Crippen molar-refractivity contribution in [3.05, 3.63) is 75.8 Å². The lowest BCUT2D eigenvalue weighted by Gasteiger charge is -2.39. The number of nitrogens with zero attached hydrogens (tertiary/aromatic N) is 5. The second-order valence-electron chi connectivity index (χ2n) is 14.7. The number of carbonyl (C=O) groups is 1. The van der Waals surface area contributed by atoms with Gasteiger partial charge < -0.3 is 14.4 Å². The van der Waals surface area contributed by atoms with Gasteiger partial charge in [0.05, 0.1) is 37.1 Å². The molecule has 5 rings (SSSR count). The van der Waals surface area contributed by atoms with Crippen LogP contribution in [0.2, 0.25) is 5.02 Å². The summed E-state index contributed by atoms with van der Waals surface area (Å²) >= 11 is 12.6. The van der Waals surface area contributed by atoms with Crippen LogP contribution >= 0.6 is 23.2 Å². The van der Waals surface area contributed by atoms with E-state index >= 15 is 4.79 Å². The summed E-state index contributed by atoms with van der Waals surface area (Å²) in [5.41, 5.74) is 0.309. The molecular formula is C39H53Cl2N5O7S2. The molecule has 55 heavy (non-hydrogen) atoms. The van der Waals surface area contributed by atoms with Crippen LogP contribution in [0.1, 0.15) is 57.6 Å². The van der Waals surface area contributed by atoms with E-state index in [2.05, 4.69) is 4.90 Å². The minimum Gasteiger partial charge on any atom is -0.495 e. The van der Waals surface area contributed by atoms with Crippen molar-refractivity contribution in [2.45, 2.75) is 63.4 Å². The molecule has 0 N–H and O–H groups in total. The molecule has 302 valence electrons. The minimum absolute atomic E-state index is 0.0327. The summed E-state index contributed by atoms with van der Waals surface area (Å²) in [6.45, 7) is 9.48. The van der Waals surface area contributed by atoms with Gasteiger partial charge in [-0.05, 0) is 82.8 Å². The van der Waals surface area contributed by atoms with Crippen LogP contribution in [-0.2, 0) is 26.4 Å². The van der Waals surface area contributed by atoms with Crippen LogP contribution in [0.4, 0.5) is 4.79 Å². The molecule has 2 amide bonds. The second-order valence-corrected chi connectivity index (χ2v) is 19.8. The fraction of sp³-hybridized carbons (Fsp3) is 0.538.